The first-order chi connectivity index (χ1) is 13.4. The summed E-state index contributed by atoms with van der Waals surface area (Å²) in [5.41, 5.74) is -2.15. The molecule has 29 heavy (non-hydrogen) atoms. The third kappa shape index (κ3) is 3.63. The van der Waals surface area contributed by atoms with Crippen LogP contribution in [0, 0.1) is 0 Å². The van der Waals surface area contributed by atoms with E-state index in [2.05, 4.69) is 10.4 Å². The topological polar surface area (TPSA) is 104 Å². The van der Waals surface area contributed by atoms with Gasteiger partial charge in [-0.1, -0.05) is 23.7 Å². The Bertz CT molecular complexity index is 1090. The molecule has 0 atom stereocenters. The van der Waals surface area contributed by atoms with Crippen molar-refractivity contribution in [2.45, 2.75) is 38.9 Å². The molecule has 2 aromatic rings. The molecule has 0 saturated carbocycles. The molecule has 11 heteroatoms. The van der Waals surface area contributed by atoms with E-state index in [1.54, 1.807) is 18.2 Å². The van der Waals surface area contributed by atoms with Gasteiger partial charge in [-0.25, -0.2) is 9.48 Å². The zero-order valence-electron chi connectivity index (χ0n) is 17.1. The Morgan fingerprint density at radius 3 is 2.31 bits per heavy atom. The molecule has 0 radical (unpaired) electrons. The van der Waals surface area contributed by atoms with Gasteiger partial charge < -0.3 is 14.6 Å². The molecule has 1 fully saturated rings. The average molecular weight is 421 g/mol. The van der Waals surface area contributed by atoms with Crippen molar-refractivity contribution in [2.24, 2.45) is 14.1 Å². The van der Waals surface area contributed by atoms with Crippen molar-refractivity contribution in [3.8, 4) is 0 Å². The standard InChI is InChI=1S/C18H22BClN4O5/c1-17(2)18(3,4)29-19(28-17)10-8-7-9-11(12(10)20)21-14(25)13-15(26)23(5)16(27)24(6)22-13/h7-9H,1-6H3,(H,21,25). The minimum absolute atomic E-state index is 0.223. The monoisotopic (exact) mass is 420 g/mol. The summed E-state index contributed by atoms with van der Waals surface area (Å²) in [5.74, 6) is -0.783. The molecule has 3 rings (SSSR count). The summed E-state index contributed by atoms with van der Waals surface area (Å²) in [6.07, 6.45) is 0. The van der Waals surface area contributed by atoms with Crippen LogP contribution in [0.25, 0.3) is 0 Å². The smallest absolute Gasteiger partial charge is 0.399 e. The Balaban J connectivity index is 1.93. The molecule has 0 aliphatic carbocycles. The fourth-order valence-corrected chi connectivity index (χ4v) is 3.08. The lowest BCUT2D eigenvalue weighted by atomic mass is 9.79. The molecule has 9 nitrogen and oxygen atoms in total. The largest absolute Gasteiger partial charge is 0.496 e. The summed E-state index contributed by atoms with van der Waals surface area (Å²) < 4.78 is 13.8. The highest BCUT2D eigenvalue weighted by molar-refractivity contribution is 6.66. The molecule has 1 aromatic heterocycles. The van der Waals surface area contributed by atoms with Crippen LogP contribution in [0.2, 0.25) is 5.02 Å². The minimum atomic E-state index is -0.802. The number of nitrogens with zero attached hydrogens (tertiary/aromatic N) is 3. The van der Waals surface area contributed by atoms with Gasteiger partial charge in [-0.15, -0.1) is 0 Å². The van der Waals surface area contributed by atoms with Crippen LogP contribution in [0.1, 0.15) is 38.2 Å². The lowest BCUT2D eigenvalue weighted by Gasteiger charge is -2.32. The fraction of sp³-hybridized carbons (Fsp3) is 0.444. The van der Waals surface area contributed by atoms with Gasteiger partial charge in [0.15, 0.2) is 0 Å². The van der Waals surface area contributed by atoms with E-state index in [4.69, 9.17) is 20.9 Å². The number of halogens is 1. The van der Waals surface area contributed by atoms with E-state index in [9.17, 15) is 14.4 Å². The summed E-state index contributed by atoms with van der Waals surface area (Å²) in [4.78, 5) is 36.6. The Labute approximate surface area is 172 Å². The summed E-state index contributed by atoms with van der Waals surface area (Å²) in [6, 6.07) is 5.01. The van der Waals surface area contributed by atoms with Crippen molar-refractivity contribution in [2.75, 3.05) is 5.32 Å². The van der Waals surface area contributed by atoms with E-state index in [0.29, 0.717) is 5.46 Å². The molecule has 0 spiro atoms. The maximum Gasteiger partial charge on any atom is 0.496 e. The molecule has 1 saturated heterocycles. The number of anilines is 1. The number of amides is 1. The van der Waals surface area contributed by atoms with Crippen molar-refractivity contribution in [3.05, 3.63) is 49.8 Å². The van der Waals surface area contributed by atoms with Gasteiger partial charge in [0.2, 0.25) is 5.69 Å². The zero-order chi connectivity index (χ0) is 21.7. The van der Waals surface area contributed by atoms with Crippen LogP contribution in [-0.4, -0.2) is 38.6 Å². The molecule has 1 N–H and O–H groups in total. The molecule has 2 heterocycles. The van der Waals surface area contributed by atoms with Gasteiger partial charge in [-0.05, 0) is 33.8 Å². The molecular weight excluding hydrogens is 398 g/mol. The summed E-state index contributed by atoms with van der Waals surface area (Å²) in [7, 11) is 1.91. The number of nitrogens with one attached hydrogen (secondary N) is 1. The number of hydrogen-bond acceptors (Lipinski definition) is 6. The second kappa shape index (κ2) is 7.12. The molecule has 154 valence electrons. The van der Waals surface area contributed by atoms with Crippen LogP contribution >= 0.6 is 11.6 Å². The van der Waals surface area contributed by atoms with Crippen LogP contribution in [0.5, 0.6) is 0 Å². The van der Waals surface area contributed by atoms with Gasteiger partial charge in [0.1, 0.15) is 0 Å². The summed E-state index contributed by atoms with van der Waals surface area (Å²) in [6.45, 7) is 7.70. The van der Waals surface area contributed by atoms with Crippen LogP contribution in [0.4, 0.5) is 5.69 Å². The third-order valence-electron chi connectivity index (χ3n) is 5.32. The Morgan fingerprint density at radius 2 is 1.72 bits per heavy atom. The quantitative estimate of drug-likeness (QED) is 0.732. The second-order valence-corrected chi connectivity index (χ2v) is 8.25. The Hall–Kier alpha value is -2.43. The molecule has 1 amide bonds. The van der Waals surface area contributed by atoms with Gasteiger partial charge >= 0.3 is 12.8 Å². The first kappa shape index (κ1) is 21.3. The highest BCUT2D eigenvalue weighted by Crippen LogP contribution is 2.37. The van der Waals surface area contributed by atoms with E-state index in [0.717, 1.165) is 9.25 Å². The van der Waals surface area contributed by atoms with Crippen molar-refractivity contribution in [1.82, 2.24) is 14.3 Å². The molecule has 1 aliphatic rings. The zero-order valence-corrected chi connectivity index (χ0v) is 17.8. The Kier molecular flexibility index (Phi) is 5.23. The fourth-order valence-electron chi connectivity index (χ4n) is 2.82. The SMILES string of the molecule is Cn1nc(C(=O)Nc2cccc(B3OC(C)(C)C(C)(C)O3)c2Cl)c(=O)n(C)c1=O. The number of carbonyl (C=O) groups is 1. The summed E-state index contributed by atoms with van der Waals surface area (Å²) in [5, 5.41) is 6.56. The number of aromatic nitrogens is 3. The highest BCUT2D eigenvalue weighted by Gasteiger charge is 2.52. The van der Waals surface area contributed by atoms with Gasteiger partial charge in [0.25, 0.3) is 11.5 Å². The first-order valence-corrected chi connectivity index (χ1v) is 9.33. The third-order valence-corrected chi connectivity index (χ3v) is 5.74. The van der Waals surface area contributed by atoms with Gasteiger partial charge in [0.05, 0.1) is 21.9 Å². The van der Waals surface area contributed by atoms with Gasteiger partial charge in [-0.3, -0.25) is 14.2 Å². The number of carbonyl (C=O) groups excluding carboxylic acids is 1. The first-order valence-electron chi connectivity index (χ1n) is 8.95. The van der Waals surface area contributed by atoms with Crippen molar-refractivity contribution < 1.29 is 14.1 Å². The molecule has 0 unspecified atom stereocenters. The van der Waals surface area contributed by atoms with Crippen LogP contribution in [-0.2, 0) is 23.4 Å². The normalized spacial score (nSPS) is 17.4. The summed E-state index contributed by atoms with van der Waals surface area (Å²) >= 11 is 6.50. The van der Waals surface area contributed by atoms with E-state index >= 15 is 0 Å². The minimum Gasteiger partial charge on any atom is -0.399 e. The predicted octanol–water partition coefficient (Wildman–Crippen LogP) is 0.684. The molecule has 0 bridgehead atoms. The van der Waals surface area contributed by atoms with E-state index in [1.807, 2.05) is 27.7 Å². The lowest BCUT2D eigenvalue weighted by Crippen LogP contribution is -2.43. The van der Waals surface area contributed by atoms with E-state index < -0.39 is 41.2 Å². The van der Waals surface area contributed by atoms with E-state index in [1.165, 1.54) is 14.1 Å². The highest BCUT2D eigenvalue weighted by atomic mass is 35.5. The number of hydrogen-bond donors (Lipinski definition) is 1. The van der Waals surface area contributed by atoms with Crippen LogP contribution in [0.3, 0.4) is 0 Å². The average Bonchev–Trinajstić information content (AvgIpc) is 2.85. The second-order valence-electron chi connectivity index (χ2n) is 7.87. The lowest BCUT2D eigenvalue weighted by molar-refractivity contribution is 0.00578. The number of benzene rings is 1. The van der Waals surface area contributed by atoms with Crippen LogP contribution in [0.15, 0.2) is 27.8 Å². The predicted molar refractivity (Wildman–Crippen MR) is 110 cm³/mol. The molecular formula is C18H22BClN4O5. The van der Waals surface area contributed by atoms with Crippen molar-refractivity contribution >= 4 is 35.8 Å². The van der Waals surface area contributed by atoms with Gasteiger partial charge in [-0.2, -0.15) is 5.10 Å². The maximum absolute atomic E-state index is 12.6. The van der Waals surface area contributed by atoms with Crippen molar-refractivity contribution in [1.29, 1.82) is 0 Å². The molecule has 1 aliphatic heterocycles. The maximum atomic E-state index is 12.6. The van der Waals surface area contributed by atoms with E-state index in [-0.39, 0.29) is 10.7 Å². The Morgan fingerprint density at radius 1 is 1.14 bits per heavy atom. The number of rotatable bonds is 3. The van der Waals surface area contributed by atoms with Crippen LogP contribution < -0.4 is 22.0 Å². The number of aryl methyl sites for hydroxylation is 1. The molecule has 1 aromatic carbocycles. The van der Waals surface area contributed by atoms with Crippen molar-refractivity contribution in [3.63, 3.8) is 0 Å². The van der Waals surface area contributed by atoms with Gasteiger partial charge in [0, 0.05) is 19.6 Å².